The normalized spacial score (nSPS) is 12.6. The minimum atomic E-state index is -4.29. The highest BCUT2D eigenvalue weighted by Crippen LogP contribution is 2.32. The maximum atomic E-state index is 14.1. The fourth-order valence-electron chi connectivity index (χ4n) is 4.30. The molecule has 3 aromatic rings. The number of nitrogens with one attached hydrogen (secondary N) is 1. The van der Waals surface area contributed by atoms with Crippen molar-refractivity contribution in [3.05, 3.63) is 82.9 Å². The number of anilines is 1. The molecule has 0 saturated heterocycles. The summed E-state index contributed by atoms with van der Waals surface area (Å²) in [5.74, 6) is -0.304. The van der Waals surface area contributed by atoms with Gasteiger partial charge in [-0.05, 0) is 69.2 Å². The zero-order chi connectivity index (χ0) is 31.0. The number of carbonyl (C=O) groups is 2. The number of sulfonamides is 1. The van der Waals surface area contributed by atoms with Gasteiger partial charge in [-0.25, -0.2) is 8.42 Å². The van der Waals surface area contributed by atoms with E-state index in [1.807, 2.05) is 45.0 Å². The van der Waals surface area contributed by atoms with E-state index < -0.39 is 28.5 Å². The van der Waals surface area contributed by atoms with Crippen LogP contribution in [0.25, 0.3) is 0 Å². The SMILES string of the molecule is CC[C@H](C)NC(=O)[C@H](C)N(Cc1cccc(C)c1)C(=O)CN(c1ccc(Cl)cc1)S(=O)(=O)c1ccc(OC)c(OC)c1. The van der Waals surface area contributed by atoms with Crippen molar-refractivity contribution in [1.29, 1.82) is 0 Å². The molecule has 3 aromatic carbocycles. The molecule has 0 radical (unpaired) electrons. The van der Waals surface area contributed by atoms with Gasteiger partial charge in [-0.1, -0.05) is 48.4 Å². The van der Waals surface area contributed by atoms with Crippen LogP contribution in [0.3, 0.4) is 0 Å². The summed E-state index contributed by atoms with van der Waals surface area (Å²) in [4.78, 5) is 28.5. The number of methoxy groups -OCH3 is 2. The predicted molar refractivity (Wildman–Crippen MR) is 165 cm³/mol. The molecule has 42 heavy (non-hydrogen) atoms. The summed E-state index contributed by atoms with van der Waals surface area (Å²) in [6, 6.07) is 17.0. The van der Waals surface area contributed by atoms with Crippen LogP contribution in [0.15, 0.2) is 71.6 Å². The number of aryl methyl sites for hydroxylation is 1. The van der Waals surface area contributed by atoms with Crippen LogP contribution in [0.2, 0.25) is 5.02 Å². The van der Waals surface area contributed by atoms with E-state index >= 15 is 0 Å². The molecule has 9 nitrogen and oxygen atoms in total. The molecule has 0 saturated carbocycles. The maximum absolute atomic E-state index is 14.1. The number of amides is 2. The van der Waals surface area contributed by atoms with Gasteiger partial charge in [-0.15, -0.1) is 0 Å². The third kappa shape index (κ3) is 7.95. The van der Waals surface area contributed by atoms with Crippen LogP contribution in [-0.4, -0.2) is 58.0 Å². The molecular formula is C31H38ClN3O6S. The van der Waals surface area contributed by atoms with E-state index in [0.717, 1.165) is 21.9 Å². The molecule has 3 rings (SSSR count). The number of ether oxygens (including phenoxy) is 2. The molecule has 0 bridgehead atoms. The highest BCUT2D eigenvalue weighted by atomic mass is 35.5. The van der Waals surface area contributed by atoms with Gasteiger partial charge < -0.3 is 19.7 Å². The first-order valence-corrected chi connectivity index (χ1v) is 15.4. The summed E-state index contributed by atoms with van der Waals surface area (Å²) < 4.78 is 39.8. The topological polar surface area (TPSA) is 105 Å². The van der Waals surface area contributed by atoms with E-state index in [1.54, 1.807) is 19.1 Å². The van der Waals surface area contributed by atoms with Crippen molar-refractivity contribution in [2.45, 2.75) is 57.6 Å². The lowest BCUT2D eigenvalue weighted by atomic mass is 10.1. The first kappa shape index (κ1) is 32.8. The van der Waals surface area contributed by atoms with Crippen LogP contribution in [0.5, 0.6) is 11.5 Å². The van der Waals surface area contributed by atoms with E-state index in [0.29, 0.717) is 10.8 Å². The Kier molecular flexibility index (Phi) is 11.2. The first-order valence-electron chi connectivity index (χ1n) is 13.6. The quantitative estimate of drug-likeness (QED) is 0.284. The Morgan fingerprint density at radius 3 is 2.21 bits per heavy atom. The van der Waals surface area contributed by atoms with E-state index in [4.69, 9.17) is 21.1 Å². The lowest BCUT2D eigenvalue weighted by molar-refractivity contribution is -0.139. The molecule has 0 fully saturated rings. The van der Waals surface area contributed by atoms with Crippen molar-refractivity contribution >= 4 is 39.1 Å². The summed E-state index contributed by atoms with van der Waals surface area (Å²) in [6.45, 7) is 6.96. The number of nitrogens with zero attached hydrogens (tertiary/aromatic N) is 2. The smallest absolute Gasteiger partial charge is 0.264 e. The number of hydrogen-bond acceptors (Lipinski definition) is 6. The monoisotopic (exact) mass is 615 g/mol. The molecule has 0 aliphatic carbocycles. The summed E-state index contributed by atoms with van der Waals surface area (Å²) in [5.41, 5.74) is 2.04. The standard InChI is InChI=1S/C31H38ClN3O6S/c1-7-22(3)33-31(37)23(4)34(19-24-10-8-9-21(2)17-24)30(36)20-35(26-13-11-25(32)12-14-26)42(38,39)27-15-16-28(40-5)29(18-27)41-6/h8-18,22-23H,7,19-20H2,1-6H3,(H,33,37)/t22-,23-/m0/s1. The minimum Gasteiger partial charge on any atom is -0.493 e. The fourth-order valence-corrected chi connectivity index (χ4v) is 5.85. The number of rotatable bonds is 13. The third-order valence-corrected chi connectivity index (χ3v) is 8.96. The van der Waals surface area contributed by atoms with Gasteiger partial charge in [0, 0.05) is 23.7 Å². The van der Waals surface area contributed by atoms with E-state index in [9.17, 15) is 18.0 Å². The summed E-state index contributed by atoms with van der Waals surface area (Å²) >= 11 is 6.09. The zero-order valence-corrected chi connectivity index (χ0v) is 26.3. The molecule has 2 atom stereocenters. The summed E-state index contributed by atoms with van der Waals surface area (Å²) in [7, 11) is -1.44. The Bertz CT molecular complexity index is 1500. The van der Waals surface area contributed by atoms with Crippen LogP contribution < -0.4 is 19.1 Å². The van der Waals surface area contributed by atoms with Crippen molar-refractivity contribution in [2.75, 3.05) is 25.1 Å². The van der Waals surface area contributed by atoms with Gasteiger partial charge in [-0.3, -0.25) is 13.9 Å². The zero-order valence-electron chi connectivity index (χ0n) is 24.8. The van der Waals surface area contributed by atoms with Crippen molar-refractivity contribution in [2.24, 2.45) is 0 Å². The van der Waals surface area contributed by atoms with Gasteiger partial charge in [0.05, 0.1) is 24.8 Å². The molecule has 0 aliphatic rings. The second-order valence-electron chi connectivity index (χ2n) is 10.0. The van der Waals surface area contributed by atoms with E-state index in [2.05, 4.69) is 5.32 Å². The Morgan fingerprint density at radius 2 is 1.62 bits per heavy atom. The number of benzene rings is 3. The van der Waals surface area contributed by atoms with E-state index in [-0.39, 0.29) is 34.8 Å². The van der Waals surface area contributed by atoms with E-state index in [1.165, 1.54) is 49.5 Å². The molecule has 0 aromatic heterocycles. The average molecular weight is 616 g/mol. The van der Waals surface area contributed by atoms with Crippen molar-refractivity contribution < 1.29 is 27.5 Å². The highest BCUT2D eigenvalue weighted by molar-refractivity contribution is 7.92. The Labute approximate surface area is 253 Å². The van der Waals surface area contributed by atoms with Gasteiger partial charge in [0.15, 0.2) is 11.5 Å². The number of carbonyl (C=O) groups excluding carboxylic acids is 2. The Balaban J connectivity index is 2.06. The summed E-state index contributed by atoms with van der Waals surface area (Å²) in [6.07, 6.45) is 0.720. The van der Waals surface area contributed by atoms with Gasteiger partial charge >= 0.3 is 0 Å². The molecule has 0 unspecified atom stereocenters. The molecular weight excluding hydrogens is 578 g/mol. The number of hydrogen-bond donors (Lipinski definition) is 1. The van der Waals surface area contributed by atoms with Crippen LogP contribution in [0, 0.1) is 6.92 Å². The highest BCUT2D eigenvalue weighted by Gasteiger charge is 2.33. The lowest BCUT2D eigenvalue weighted by Gasteiger charge is -2.32. The van der Waals surface area contributed by atoms with Crippen LogP contribution >= 0.6 is 11.6 Å². The fraction of sp³-hybridized carbons (Fsp3) is 0.355. The third-order valence-electron chi connectivity index (χ3n) is 6.94. The van der Waals surface area contributed by atoms with Crippen molar-refractivity contribution in [1.82, 2.24) is 10.2 Å². The maximum Gasteiger partial charge on any atom is 0.264 e. The van der Waals surface area contributed by atoms with Crippen LogP contribution in [-0.2, 0) is 26.2 Å². The van der Waals surface area contributed by atoms with Gasteiger partial charge in [0.1, 0.15) is 12.6 Å². The predicted octanol–water partition coefficient (Wildman–Crippen LogP) is 5.19. The Morgan fingerprint density at radius 1 is 0.952 bits per heavy atom. The molecule has 0 spiro atoms. The molecule has 1 N–H and O–H groups in total. The number of halogens is 1. The van der Waals surface area contributed by atoms with Gasteiger partial charge in [0.25, 0.3) is 10.0 Å². The second kappa shape index (κ2) is 14.4. The Hall–Kier alpha value is -3.76. The van der Waals surface area contributed by atoms with Crippen LogP contribution in [0.4, 0.5) is 5.69 Å². The van der Waals surface area contributed by atoms with Crippen molar-refractivity contribution in [3.8, 4) is 11.5 Å². The average Bonchev–Trinajstić information content (AvgIpc) is 2.98. The summed E-state index contributed by atoms with van der Waals surface area (Å²) in [5, 5.41) is 3.33. The second-order valence-corrected chi connectivity index (χ2v) is 12.3. The first-order chi connectivity index (χ1) is 19.9. The largest absolute Gasteiger partial charge is 0.493 e. The van der Waals surface area contributed by atoms with Crippen molar-refractivity contribution in [3.63, 3.8) is 0 Å². The van der Waals surface area contributed by atoms with Gasteiger partial charge in [0.2, 0.25) is 11.8 Å². The molecule has 0 heterocycles. The van der Waals surface area contributed by atoms with Gasteiger partial charge in [-0.2, -0.15) is 0 Å². The molecule has 0 aliphatic heterocycles. The minimum absolute atomic E-state index is 0.0909. The molecule has 2 amide bonds. The molecule has 11 heteroatoms. The molecule has 226 valence electrons. The van der Waals surface area contributed by atoms with Crippen LogP contribution in [0.1, 0.15) is 38.3 Å². The lowest BCUT2D eigenvalue weighted by Crippen LogP contribution is -2.52.